The van der Waals surface area contributed by atoms with Crippen LogP contribution in [0.1, 0.15) is 23.0 Å². The molecule has 34 heavy (non-hydrogen) atoms. The number of hydrogen-bond donors (Lipinski definition) is 2. The van der Waals surface area contributed by atoms with Gasteiger partial charge < -0.3 is 15.8 Å². The Morgan fingerprint density at radius 3 is 2.79 bits per heavy atom. The molecule has 1 amide bonds. The number of nitrogens with two attached hydrogens (primary N) is 1. The minimum atomic E-state index is -3.12. The van der Waals surface area contributed by atoms with E-state index in [1.54, 1.807) is 11.6 Å². The van der Waals surface area contributed by atoms with E-state index >= 15 is 0 Å². The van der Waals surface area contributed by atoms with E-state index in [1.165, 1.54) is 41.5 Å². The lowest BCUT2D eigenvalue weighted by Crippen LogP contribution is -2.45. The molecule has 2 aliphatic rings. The standard InChI is InChI=1S/C21H19BrF3N5O3S/c1-33-20(32)15-13(8-30-9-21(24,25)7-14(30)17(26)31)28-18(19-27-4-5-34-19)29-16(15)11-3-2-10(23)6-12(11)22/h2-6,14,16H,7-9H2,1H3,(H2,26,31)(H,28,29)/t14-,16-/m0/s1. The lowest BCUT2D eigenvalue weighted by atomic mass is 9.95. The monoisotopic (exact) mass is 557 g/mol. The number of primary amides is 1. The Bertz CT molecular complexity index is 1190. The van der Waals surface area contributed by atoms with Crippen LogP contribution in [0.15, 0.2) is 50.5 Å². The van der Waals surface area contributed by atoms with Crippen molar-refractivity contribution < 1.29 is 27.5 Å². The summed E-state index contributed by atoms with van der Waals surface area (Å²) < 4.78 is 47.4. The van der Waals surface area contributed by atoms with Crippen molar-refractivity contribution in [2.45, 2.75) is 24.4 Å². The number of hydrogen-bond acceptors (Lipinski definition) is 8. The second kappa shape index (κ2) is 9.47. The van der Waals surface area contributed by atoms with E-state index in [0.717, 1.165) is 0 Å². The number of nitrogens with zero attached hydrogens (tertiary/aromatic N) is 3. The van der Waals surface area contributed by atoms with E-state index in [4.69, 9.17) is 10.5 Å². The Labute approximate surface area is 204 Å². The zero-order chi connectivity index (χ0) is 24.6. The van der Waals surface area contributed by atoms with Crippen LogP contribution in [-0.4, -0.2) is 59.8 Å². The first-order chi connectivity index (χ1) is 16.1. The highest BCUT2D eigenvalue weighted by molar-refractivity contribution is 9.10. The predicted molar refractivity (Wildman–Crippen MR) is 122 cm³/mol. The van der Waals surface area contributed by atoms with Gasteiger partial charge in [-0.1, -0.05) is 22.0 Å². The Morgan fingerprint density at radius 1 is 1.41 bits per heavy atom. The molecule has 13 heteroatoms. The number of thiazole rings is 1. The van der Waals surface area contributed by atoms with Crippen molar-refractivity contribution in [3.63, 3.8) is 0 Å². The topological polar surface area (TPSA) is 110 Å². The highest BCUT2D eigenvalue weighted by Crippen LogP contribution is 2.38. The number of alkyl halides is 2. The summed E-state index contributed by atoms with van der Waals surface area (Å²) >= 11 is 4.59. The van der Waals surface area contributed by atoms with Crippen molar-refractivity contribution in [1.82, 2.24) is 15.2 Å². The van der Waals surface area contributed by atoms with Gasteiger partial charge >= 0.3 is 5.97 Å². The SMILES string of the molecule is COC(=O)C1=C(CN2CC(F)(F)C[C@H]2C(N)=O)NC(c2nccs2)=N[C@H]1c1ccc(F)cc1Br. The number of aromatic nitrogens is 1. The summed E-state index contributed by atoms with van der Waals surface area (Å²) in [4.78, 5) is 34.8. The van der Waals surface area contributed by atoms with Gasteiger partial charge in [0.15, 0.2) is 10.8 Å². The summed E-state index contributed by atoms with van der Waals surface area (Å²) in [6, 6.07) is 1.73. The van der Waals surface area contributed by atoms with Gasteiger partial charge in [0, 0.05) is 34.7 Å². The number of likely N-dealkylation sites (tertiary alicyclic amines) is 1. The molecule has 0 saturated carbocycles. The van der Waals surface area contributed by atoms with Gasteiger partial charge in [0.1, 0.15) is 11.9 Å². The van der Waals surface area contributed by atoms with Crippen molar-refractivity contribution in [1.29, 1.82) is 0 Å². The molecule has 1 saturated heterocycles. The number of rotatable bonds is 6. The van der Waals surface area contributed by atoms with Gasteiger partial charge in [0.25, 0.3) is 5.92 Å². The van der Waals surface area contributed by atoms with Crippen LogP contribution in [0.4, 0.5) is 13.2 Å². The Morgan fingerprint density at radius 2 is 2.18 bits per heavy atom. The molecule has 0 radical (unpaired) electrons. The number of ether oxygens (including phenoxy) is 1. The summed E-state index contributed by atoms with van der Waals surface area (Å²) in [6.45, 7) is -0.942. The van der Waals surface area contributed by atoms with Crippen molar-refractivity contribution in [2.75, 3.05) is 20.2 Å². The fourth-order valence-corrected chi connectivity index (χ4v) is 5.16. The van der Waals surface area contributed by atoms with Gasteiger partial charge in [-0.15, -0.1) is 11.3 Å². The van der Waals surface area contributed by atoms with Crippen LogP contribution >= 0.6 is 27.3 Å². The number of benzene rings is 1. The van der Waals surface area contributed by atoms with Crippen LogP contribution in [0.2, 0.25) is 0 Å². The Balaban J connectivity index is 1.84. The van der Waals surface area contributed by atoms with Crippen LogP contribution in [0.25, 0.3) is 0 Å². The number of aliphatic imine (C=N–C) groups is 1. The second-order valence-electron chi connectivity index (χ2n) is 7.78. The molecule has 0 aliphatic carbocycles. The first-order valence-corrected chi connectivity index (χ1v) is 11.7. The number of carbonyl (C=O) groups is 2. The van der Waals surface area contributed by atoms with Crippen LogP contribution in [0, 0.1) is 5.82 Å². The van der Waals surface area contributed by atoms with Gasteiger partial charge in [-0.25, -0.2) is 22.9 Å². The highest BCUT2D eigenvalue weighted by atomic mass is 79.9. The molecule has 0 bridgehead atoms. The molecule has 3 heterocycles. The Hall–Kier alpha value is -2.77. The highest BCUT2D eigenvalue weighted by Gasteiger charge is 2.48. The number of amides is 1. The lowest BCUT2D eigenvalue weighted by Gasteiger charge is -2.30. The van der Waals surface area contributed by atoms with Gasteiger partial charge in [0.05, 0.1) is 25.3 Å². The van der Waals surface area contributed by atoms with Crippen LogP contribution in [0.5, 0.6) is 0 Å². The third-order valence-corrected chi connectivity index (χ3v) is 6.95. The predicted octanol–water partition coefficient (Wildman–Crippen LogP) is 2.76. The normalized spacial score (nSPS) is 22.3. The van der Waals surface area contributed by atoms with Crippen molar-refractivity contribution >= 4 is 45.0 Å². The molecule has 0 unspecified atom stereocenters. The smallest absolute Gasteiger partial charge is 0.338 e. The first-order valence-electron chi connectivity index (χ1n) is 10.0. The van der Waals surface area contributed by atoms with Gasteiger partial charge in [-0.05, 0) is 17.7 Å². The molecule has 2 aliphatic heterocycles. The summed E-state index contributed by atoms with van der Waals surface area (Å²) in [5.74, 6) is -4.97. The second-order valence-corrected chi connectivity index (χ2v) is 9.52. The third kappa shape index (κ3) is 4.86. The molecular formula is C21H19BrF3N5O3S. The fraction of sp³-hybridized carbons (Fsp3) is 0.333. The number of halogens is 4. The summed E-state index contributed by atoms with van der Waals surface area (Å²) in [7, 11) is 1.18. The quantitative estimate of drug-likeness (QED) is 0.528. The summed E-state index contributed by atoms with van der Waals surface area (Å²) in [6.07, 6.45) is 0.847. The zero-order valence-corrected chi connectivity index (χ0v) is 20.1. The summed E-state index contributed by atoms with van der Waals surface area (Å²) in [5.41, 5.74) is 6.07. The number of amidine groups is 1. The van der Waals surface area contributed by atoms with Gasteiger partial charge in [-0.2, -0.15) is 0 Å². The first kappa shape index (κ1) is 24.4. The molecule has 1 aromatic heterocycles. The molecule has 3 N–H and O–H groups in total. The van der Waals surface area contributed by atoms with Crippen molar-refractivity contribution in [3.8, 4) is 0 Å². The van der Waals surface area contributed by atoms with Crippen molar-refractivity contribution in [2.24, 2.45) is 10.7 Å². The molecule has 2 atom stereocenters. The van der Waals surface area contributed by atoms with E-state index in [9.17, 15) is 22.8 Å². The molecule has 1 aromatic carbocycles. The number of esters is 1. The molecule has 4 rings (SSSR count). The maximum absolute atomic E-state index is 14.2. The average molecular weight is 558 g/mol. The molecule has 8 nitrogen and oxygen atoms in total. The number of nitrogens with one attached hydrogen (secondary N) is 1. The minimum absolute atomic E-state index is 0.0357. The van der Waals surface area contributed by atoms with Crippen LogP contribution in [-0.2, 0) is 14.3 Å². The third-order valence-electron chi connectivity index (χ3n) is 5.48. The Kier molecular flexibility index (Phi) is 6.78. The van der Waals surface area contributed by atoms with Gasteiger partial charge in [-0.3, -0.25) is 14.7 Å². The largest absolute Gasteiger partial charge is 0.466 e. The molecule has 1 fully saturated rings. The average Bonchev–Trinajstić information content (AvgIpc) is 3.40. The molecule has 2 aromatic rings. The fourth-order valence-electron chi connectivity index (χ4n) is 4.00. The van der Waals surface area contributed by atoms with Gasteiger partial charge in [0.2, 0.25) is 5.91 Å². The van der Waals surface area contributed by atoms with E-state index in [-0.39, 0.29) is 17.8 Å². The molecular weight excluding hydrogens is 539 g/mol. The maximum atomic E-state index is 14.2. The minimum Gasteiger partial charge on any atom is -0.466 e. The number of carbonyl (C=O) groups excluding carboxylic acids is 2. The lowest BCUT2D eigenvalue weighted by molar-refractivity contribution is -0.136. The van der Waals surface area contributed by atoms with E-state index < -0.39 is 48.7 Å². The van der Waals surface area contributed by atoms with E-state index in [2.05, 4.69) is 31.2 Å². The van der Waals surface area contributed by atoms with E-state index in [0.29, 0.717) is 20.9 Å². The molecule has 180 valence electrons. The number of methoxy groups -OCH3 is 1. The van der Waals surface area contributed by atoms with Crippen molar-refractivity contribution in [3.05, 3.63) is 61.9 Å². The van der Waals surface area contributed by atoms with Crippen LogP contribution in [0.3, 0.4) is 0 Å². The van der Waals surface area contributed by atoms with E-state index in [1.807, 2.05) is 0 Å². The molecule has 0 spiro atoms. The van der Waals surface area contributed by atoms with Crippen LogP contribution < -0.4 is 11.1 Å². The summed E-state index contributed by atoms with van der Waals surface area (Å²) in [5, 5.41) is 5.23. The zero-order valence-electron chi connectivity index (χ0n) is 17.7. The maximum Gasteiger partial charge on any atom is 0.338 e.